The fourth-order valence-electron chi connectivity index (χ4n) is 1.63. The molecule has 2 atom stereocenters. The van der Waals surface area contributed by atoms with E-state index in [-0.39, 0.29) is 5.92 Å². The molecule has 1 aliphatic carbocycles. The summed E-state index contributed by atoms with van der Waals surface area (Å²) < 4.78 is 0. The molecule has 2 unspecified atom stereocenters. The maximum absolute atomic E-state index is 10.7. The van der Waals surface area contributed by atoms with Crippen molar-refractivity contribution in [3.63, 3.8) is 0 Å². The second kappa shape index (κ2) is 2.78. The molecule has 0 spiro atoms. The van der Waals surface area contributed by atoms with Crippen molar-refractivity contribution >= 4 is 5.97 Å². The number of carboxylic acids is 1. The lowest BCUT2D eigenvalue weighted by Crippen LogP contribution is -2.15. The minimum Gasteiger partial charge on any atom is -0.480 e. The summed E-state index contributed by atoms with van der Waals surface area (Å²) in [6, 6.07) is 1.91. The molecule has 12 heavy (non-hydrogen) atoms. The predicted molar refractivity (Wildman–Crippen MR) is 43.2 cm³/mol. The van der Waals surface area contributed by atoms with Crippen LogP contribution in [-0.4, -0.2) is 11.1 Å². The second-order valence-electron chi connectivity index (χ2n) is 3.92. The third-order valence-corrected chi connectivity index (χ3v) is 2.44. The molecule has 0 bridgehead atoms. The minimum absolute atomic E-state index is 0.0833. The van der Waals surface area contributed by atoms with Gasteiger partial charge >= 0.3 is 5.97 Å². The van der Waals surface area contributed by atoms with Gasteiger partial charge in [0.15, 0.2) is 5.41 Å². The lowest BCUT2D eigenvalue weighted by atomic mass is 9.99. The molecular weight excluding hydrogens is 154 g/mol. The van der Waals surface area contributed by atoms with Gasteiger partial charge < -0.3 is 5.11 Å². The van der Waals surface area contributed by atoms with E-state index in [0.717, 1.165) is 6.42 Å². The average Bonchev–Trinajstić information content (AvgIpc) is 2.62. The van der Waals surface area contributed by atoms with Gasteiger partial charge in [-0.25, -0.2) is 0 Å². The van der Waals surface area contributed by atoms with Gasteiger partial charge in [-0.05, 0) is 24.7 Å². The Morgan fingerprint density at radius 3 is 2.67 bits per heavy atom. The summed E-state index contributed by atoms with van der Waals surface area (Å²) in [5.74, 6) is -0.389. The highest BCUT2D eigenvalue weighted by molar-refractivity contribution is 5.82. The van der Waals surface area contributed by atoms with Crippen LogP contribution in [0, 0.1) is 28.6 Å². The summed E-state index contributed by atoms with van der Waals surface area (Å²) in [5.41, 5.74) is -1.04. The molecule has 0 aromatic carbocycles. The van der Waals surface area contributed by atoms with Crippen LogP contribution in [0.4, 0.5) is 0 Å². The van der Waals surface area contributed by atoms with Crippen molar-refractivity contribution in [3.05, 3.63) is 0 Å². The van der Waals surface area contributed by atoms with Crippen LogP contribution < -0.4 is 0 Å². The summed E-state index contributed by atoms with van der Waals surface area (Å²) in [6.07, 6.45) is 1.39. The van der Waals surface area contributed by atoms with Crippen LogP contribution in [0.25, 0.3) is 0 Å². The first-order chi connectivity index (χ1) is 5.53. The Kier molecular flexibility index (Phi) is 2.10. The Hall–Kier alpha value is -1.04. The normalized spacial score (nSPS) is 33.0. The van der Waals surface area contributed by atoms with E-state index in [2.05, 4.69) is 0 Å². The zero-order chi connectivity index (χ0) is 9.35. The third-order valence-electron chi connectivity index (χ3n) is 2.44. The van der Waals surface area contributed by atoms with Gasteiger partial charge in [0.1, 0.15) is 0 Å². The number of hydrogen-bond acceptors (Lipinski definition) is 2. The van der Waals surface area contributed by atoms with E-state index in [1.165, 1.54) is 0 Å². The van der Waals surface area contributed by atoms with Crippen LogP contribution in [0.2, 0.25) is 0 Å². The summed E-state index contributed by atoms with van der Waals surface area (Å²) in [6.45, 7) is 4.09. The predicted octanol–water partition coefficient (Wildman–Crippen LogP) is 1.65. The average molecular weight is 167 g/mol. The fourth-order valence-corrected chi connectivity index (χ4v) is 1.63. The molecule has 0 radical (unpaired) electrons. The Morgan fingerprint density at radius 1 is 1.83 bits per heavy atom. The number of nitrogens with zero attached hydrogens (tertiary/aromatic N) is 1. The quantitative estimate of drug-likeness (QED) is 0.695. The van der Waals surface area contributed by atoms with E-state index in [1.54, 1.807) is 0 Å². The monoisotopic (exact) mass is 167 g/mol. The molecule has 0 saturated heterocycles. The van der Waals surface area contributed by atoms with Crippen molar-refractivity contribution < 1.29 is 9.90 Å². The molecule has 0 aliphatic heterocycles. The second-order valence-corrected chi connectivity index (χ2v) is 3.92. The Labute approximate surface area is 72.0 Å². The molecule has 3 nitrogen and oxygen atoms in total. The number of hydrogen-bond donors (Lipinski definition) is 1. The fraction of sp³-hybridized carbons (Fsp3) is 0.778. The van der Waals surface area contributed by atoms with Crippen LogP contribution in [0.15, 0.2) is 0 Å². The van der Waals surface area contributed by atoms with Crippen molar-refractivity contribution in [2.75, 3.05) is 0 Å². The molecule has 1 fully saturated rings. The van der Waals surface area contributed by atoms with Crippen molar-refractivity contribution in [1.29, 1.82) is 5.26 Å². The molecule has 0 aromatic heterocycles. The Balaban J connectivity index is 2.58. The van der Waals surface area contributed by atoms with Crippen molar-refractivity contribution in [1.82, 2.24) is 0 Å². The van der Waals surface area contributed by atoms with Gasteiger partial charge in [0.2, 0.25) is 0 Å². The van der Waals surface area contributed by atoms with E-state index in [0.29, 0.717) is 12.3 Å². The molecule has 1 saturated carbocycles. The lowest BCUT2D eigenvalue weighted by molar-refractivity contribution is -0.141. The van der Waals surface area contributed by atoms with Gasteiger partial charge in [-0.15, -0.1) is 0 Å². The highest BCUT2D eigenvalue weighted by Gasteiger charge is 2.61. The van der Waals surface area contributed by atoms with Crippen LogP contribution in [-0.2, 0) is 4.79 Å². The zero-order valence-electron chi connectivity index (χ0n) is 7.37. The number of aliphatic carboxylic acids is 1. The maximum Gasteiger partial charge on any atom is 0.324 e. The highest BCUT2D eigenvalue weighted by atomic mass is 16.4. The first-order valence-electron chi connectivity index (χ1n) is 4.17. The van der Waals surface area contributed by atoms with Gasteiger partial charge in [0.25, 0.3) is 0 Å². The van der Waals surface area contributed by atoms with Crippen LogP contribution >= 0.6 is 0 Å². The van der Waals surface area contributed by atoms with Crippen molar-refractivity contribution in [3.8, 4) is 6.07 Å². The lowest BCUT2D eigenvalue weighted by Gasteiger charge is -2.04. The van der Waals surface area contributed by atoms with E-state index in [4.69, 9.17) is 10.4 Å². The standard InChI is InChI=1S/C9H13NO2/c1-6(2)3-7-4-9(7,5-10)8(11)12/h6-7H,3-4H2,1-2H3,(H,11,12). The molecule has 1 N–H and O–H groups in total. The van der Waals surface area contributed by atoms with Gasteiger partial charge in [-0.1, -0.05) is 13.8 Å². The number of carboxylic acid groups (broad SMARTS) is 1. The smallest absolute Gasteiger partial charge is 0.324 e. The number of nitriles is 1. The largest absolute Gasteiger partial charge is 0.480 e. The summed E-state index contributed by atoms with van der Waals surface area (Å²) in [5, 5.41) is 17.4. The SMILES string of the molecule is CC(C)CC1CC1(C#N)C(=O)O. The van der Waals surface area contributed by atoms with Crippen LogP contribution in [0.1, 0.15) is 26.7 Å². The van der Waals surface area contributed by atoms with Gasteiger partial charge in [0, 0.05) is 0 Å². The number of rotatable bonds is 3. The van der Waals surface area contributed by atoms with Gasteiger partial charge in [0.05, 0.1) is 6.07 Å². The van der Waals surface area contributed by atoms with E-state index < -0.39 is 11.4 Å². The Morgan fingerprint density at radius 2 is 2.42 bits per heavy atom. The number of carbonyl (C=O) groups is 1. The summed E-state index contributed by atoms with van der Waals surface area (Å²) in [7, 11) is 0. The topological polar surface area (TPSA) is 61.1 Å². The third kappa shape index (κ3) is 1.29. The van der Waals surface area contributed by atoms with Gasteiger partial charge in [-0.2, -0.15) is 5.26 Å². The minimum atomic E-state index is -1.04. The Bertz CT molecular complexity index is 241. The van der Waals surface area contributed by atoms with Crippen LogP contribution in [0.5, 0.6) is 0 Å². The molecule has 66 valence electrons. The van der Waals surface area contributed by atoms with E-state index >= 15 is 0 Å². The van der Waals surface area contributed by atoms with Gasteiger partial charge in [-0.3, -0.25) is 4.79 Å². The van der Waals surface area contributed by atoms with Crippen molar-refractivity contribution in [2.45, 2.75) is 26.7 Å². The van der Waals surface area contributed by atoms with Crippen molar-refractivity contribution in [2.24, 2.45) is 17.3 Å². The first kappa shape index (κ1) is 9.05. The first-order valence-corrected chi connectivity index (χ1v) is 4.17. The molecule has 1 rings (SSSR count). The summed E-state index contributed by atoms with van der Waals surface area (Å²) in [4.78, 5) is 10.7. The molecule has 0 aromatic rings. The molecule has 0 heterocycles. The molecular formula is C9H13NO2. The van der Waals surface area contributed by atoms with Crippen LogP contribution in [0.3, 0.4) is 0 Å². The summed E-state index contributed by atoms with van der Waals surface area (Å²) >= 11 is 0. The molecule has 1 aliphatic rings. The van der Waals surface area contributed by atoms with E-state index in [1.807, 2.05) is 19.9 Å². The molecule has 3 heteroatoms. The van der Waals surface area contributed by atoms with E-state index in [9.17, 15) is 4.79 Å². The maximum atomic E-state index is 10.7. The highest BCUT2D eigenvalue weighted by Crippen LogP contribution is 2.55. The molecule has 0 amide bonds. The zero-order valence-corrected chi connectivity index (χ0v) is 7.37.